The molecule has 0 bridgehead atoms. The van der Waals surface area contributed by atoms with E-state index in [4.69, 9.17) is 0 Å². The molecule has 0 aliphatic rings. The van der Waals surface area contributed by atoms with Gasteiger partial charge in [0, 0.05) is 23.2 Å². The van der Waals surface area contributed by atoms with Gasteiger partial charge in [0.2, 0.25) is 0 Å². The van der Waals surface area contributed by atoms with Crippen LogP contribution in [-0.4, -0.2) is 19.3 Å². The number of nitrogens with zero attached hydrogens (tertiary/aromatic N) is 4. The van der Waals surface area contributed by atoms with Crippen molar-refractivity contribution in [2.24, 2.45) is 5.92 Å². The van der Waals surface area contributed by atoms with Crippen LogP contribution in [0, 0.1) is 12.8 Å². The second-order valence-corrected chi connectivity index (χ2v) is 7.98. The van der Waals surface area contributed by atoms with Gasteiger partial charge in [0.1, 0.15) is 5.82 Å². The molecular weight excluding hydrogens is 356 g/mol. The van der Waals surface area contributed by atoms with Crippen molar-refractivity contribution in [3.63, 3.8) is 0 Å². The lowest BCUT2D eigenvalue weighted by atomic mass is 9.99. The lowest BCUT2D eigenvalue weighted by Crippen LogP contribution is -2.06. The highest BCUT2D eigenvalue weighted by atomic mass is 15.3. The maximum atomic E-state index is 4.59. The molecule has 0 spiro atoms. The van der Waals surface area contributed by atoms with Crippen LogP contribution in [0.2, 0.25) is 0 Å². The molecule has 2 aromatic heterocycles. The van der Waals surface area contributed by atoms with E-state index < -0.39 is 0 Å². The Morgan fingerprint density at radius 3 is 2.59 bits per heavy atom. The van der Waals surface area contributed by atoms with Gasteiger partial charge in [-0.1, -0.05) is 51.1 Å². The van der Waals surface area contributed by atoms with Crippen molar-refractivity contribution >= 4 is 16.5 Å². The van der Waals surface area contributed by atoms with Gasteiger partial charge in [-0.3, -0.25) is 4.57 Å². The van der Waals surface area contributed by atoms with E-state index in [2.05, 4.69) is 97.1 Å². The first kappa shape index (κ1) is 20.8. The Balaban J connectivity index is 2.28. The lowest BCUT2D eigenvalue weighted by Gasteiger charge is -2.15. The third-order valence-electron chi connectivity index (χ3n) is 5.49. The van der Waals surface area contributed by atoms with Crippen molar-refractivity contribution in [1.29, 1.82) is 0 Å². The second kappa shape index (κ2) is 8.64. The molecule has 4 nitrogen and oxygen atoms in total. The van der Waals surface area contributed by atoms with E-state index in [1.165, 1.54) is 10.9 Å². The summed E-state index contributed by atoms with van der Waals surface area (Å²) in [4.78, 5) is 0. The molecule has 0 aliphatic heterocycles. The number of hydrogen-bond donors (Lipinski definition) is 0. The molecule has 0 aliphatic carbocycles. The number of rotatable bonds is 7. The molecule has 0 saturated carbocycles. The second-order valence-electron chi connectivity index (χ2n) is 7.98. The molecule has 29 heavy (non-hydrogen) atoms. The predicted molar refractivity (Wildman–Crippen MR) is 123 cm³/mol. The van der Waals surface area contributed by atoms with Gasteiger partial charge in [-0.25, -0.2) is 0 Å². The van der Waals surface area contributed by atoms with Crippen LogP contribution in [0.1, 0.15) is 58.7 Å². The fraction of sp³-hybridized carbons (Fsp3) is 0.360. The zero-order chi connectivity index (χ0) is 21.1. The van der Waals surface area contributed by atoms with Crippen LogP contribution in [0.3, 0.4) is 0 Å². The summed E-state index contributed by atoms with van der Waals surface area (Å²) in [5.41, 5.74) is 4.59. The monoisotopic (exact) mass is 388 g/mol. The van der Waals surface area contributed by atoms with Crippen LogP contribution in [0.5, 0.6) is 0 Å². The molecule has 0 amide bonds. The first-order valence-corrected chi connectivity index (χ1v) is 10.4. The highest BCUT2D eigenvalue weighted by Gasteiger charge is 2.19. The highest BCUT2D eigenvalue weighted by molar-refractivity contribution is 5.90. The Bertz CT molecular complexity index is 1080. The molecule has 1 aromatic carbocycles. The normalized spacial score (nSPS) is 14.0. The zero-order valence-corrected chi connectivity index (χ0v) is 18.5. The van der Waals surface area contributed by atoms with E-state index in [0.29, 0.717) is 12.0 Å². The standard InChI is InChI=1S/C25H32N4/c1-8-11-19(6)22(16-18(5)9-2)25-27-26-20(7)29(25)24-13-10-12-23-21(24)14-15-28(23)17(3)4/h8,10-18H,1,9H2,2-7H3/b19-11-,22-16+. The Labute approximate surface area is 174 Å². The van der Waals surface area contributed by atoms with E-state index in [-0.39, 0.29) is 0 Å². The minimum atomic E-state index is 0.405. The summed E-state index contributed by atoms with van der Waals surface area (Å²) in [6.07, 6.45) is 9.41. The summed E-state index contributed by atoms with van der Waals surface area (Å²) < 4.78 is 4.48. The number of hydrogen-bond acceptors (Lipinski definition) is 2. The number of aryl methyl sites for hydroxylation is 1. The van der Waals surface area contributed by atoms with Crippen molar-refractivity contribution in [2.75, 3.05) is 0 Å². The first-order valence-electron chi connectivity index (χ1n) is 10.4. The third-order valence-corrected chi connectivity index (χ3v) is 5.49. The average molecular weight is 389 g/mol. The zero-order valence-electron chi connectivity index (χ0n) is 18.5. The van der Waals surface area contributed by atoms with Crippen LogP contribution in [0.15, 0.2) is 60.8 Å². The number of fused-ring (bicyclic) bond motifs is 1. The molecule has 1 unspecified atom stereocenters. The smallest absolute Gasteiger partial charge is 0.168 e. The van der Waals surface area contributed by atoms with Gasteiger partial charge >= 0.3 is 0 Å². The average Bonchev–Trinajstić information content (AvgIpc) is 3.29. The lowest BCUT2D eigenvalue weighted by molar-refractivity contribution is 0.623. The molecule has 4 heteroatoms. The summed E-state index contributed by atoms with van der Waals surface area (Å²) in [6, 6.07) is 9.04. The molecule has 0 saturated heterocycles. The van der Waals surface area contributed by atoms with Gasteiger partial charge < -0.3 is 4.57 Å². The summed E-state index contributed by atoms with van der Waals surface area (Å²) in [6.45, 7) is 16.9. The van der Waals surface area contributed by atoms with Crippen LogP contribution in [0.25, 0.3) is 22.2 Å². The highest BCUT2D eigenvalue weighted by Crippen LogP contribution is 2.31. The molecule has 0 fully saturated rings. The molecule has 2 heterocycles. The topological polar surface area (TPSA) is 35.6 Å². The van der Waals surface area contributed by atoms with E-state index in [1.807, 2.05) is 19.1 Å². The van der Waals surface area contributed by atoms with Crippen molar-refractivity contribution < 1.29 is 0 Å². The fourth-order valence-electron chi connectivity index (χ4n) is 3.69. The van der Waals surface area contributed by atoms with Crippen LogP contribution < -0.4 is 0 Å². The van der Waals surface area contributed by atoms with E-state index in [9.17, 15) is 0 Å². The predicted octanol–water partition coefficient (Wildman–Crippen LogP) is 6.67. The van der Waals surface area contributed by atoms with Gasteiger partial charge in [-0.15, -0.1) is 10.2 Å². The van der Waals surface area contributed by atoms with E-state index in [1.54, 1.807) is 0 Å². The van der Waals surface area contributed by atoms with Gasteiger partial charge in [0.15, 0.2) is 5.82 Å². The Hall–Kier alpha value is -2.88. The van der Waals surface area contributed by atoms with Crippen LogP contribution >= 0.6 is 0 Å². The third kappa shape index (κ3) is 3.98. The molecule has 3 rings (SSSR count). The molecular formula is C25H32N4. The SMILES string of the molecule is C=C/C=C(C)\C(=C/C(C)CC)c1nnc(C)n1-c1cccc2c1ccn2C(C)C. The summed E-state index contributed by atoms with van der Waals surface area (Å²) in [7, 11) is 0. The van der Waals surface area contributed by atoms with Crippen molar-refractivity contribution in [3.8, 4) is 5.69 Å². The maximum Gasteiger partial charge on any atom is 0.168 e. The van der Waals surface area contributed by atoms with Gasteiger partial charge in [0.05, 0.1) is 11.2 Å². The Kier molecular flexibility index (Phi) is 6.21. The van der Waals surface area contributed by atoms with Gasteiger partial charge in [-0.2, -0.15) is 0 Å². The minimum absolute atomic E-state index is 0.405. The van der Waals surface area contributed by atoms with Crippen LogP contribution in [0.4, 0.5) is 0 Å². The van der Waals surface area contributed by atoms with Crippen LogP contribution in [-0.2, 0) is 0 Å². The summed E-state index contributed by atoms with van der Waals surface area (Å²) in [5.74, 6) is 2.20. The van der Waals surface area contributed by atoms with Crippen molar-refractivity contribution in [1.82, 2.24) is 19.3 Å². The summed E-state index contributed by atoms with van der Waals surface area (Å²) in [5, 5.41) is 10.3. The van der Waals surface area contributed by atoms with E-state index >= 15 is 0 Å². The maximum absolute atomic E-state index is 4.59. The molecule has 1 atom stereocenters. The number of allylic oxidation sites excluding steroid dienone is 5. The molecule has 3 aromatic rings. The largest absolute Gasteiger partial charge is 0.345 e. The minimum Gasteiger partial charge on any atom is -0.345 e. The first-order chi connectivity index (χ1) is 13.9. The van der Waals surface area contributed by atoms with Crippen molar-refractivity contribution in [2.45, 2.75) is 54.0 Å². The summed E-state index contributed by atoms with van der Waals surface area (Å²) >= 11 is 0. The van der Waals surface area contributed by atoms with Gasteiger partial charge in [0.25, 0.3) is 0 Å². The Morgan fingerprint density at radius 1 is 1.17 bits per heavy atom. The van der Waals surface area contributed by atoms with Gasteiger partial charge in [-0.05, 0) is 57.4 Å². The van der Waals surface area contributed by atoms with Crippen molar-refractivity contribution in [3.05, 3.63) is 72.5 Å². The molecule has 0 N–H and O–H groups in total. The number of aromatic nitrogens is 4. The number of benzene rings is 1. The molecule has 0 radical (unpaired) electrons. The fourth-order valence-corrected chi connectivity index (χ4v) is 3.69. The van der Waals surface area contributed by atoms with E-state index in [0.717, 1.165) is 34.9 Å². The quantitative estimate of drug-likeness (QED) is 0.424. The molecule has 152 valence electrons. The Morgan fingerprint density at radius 2 is 1.93 bits per heavy atom.